The van der Waals surface area contributed by atoms with E-state index in [-0.39, 0.29) is 5.41 Å². The predicted octanol–water partition coefficient (Wildman–Crippen LogP) is 6.15. The molecule has 4 unspecified atom stereocenters. The van der Waals surface area contributed by atoms with Crippen molar-refractivity contribution in [3.8, 4) is 0 Å². The fourth-order valence-electron chi connectivity index (χ4n) is 4.48. The number of aryl methyl sites for hydroxylation is 1. The van der Waals surface area contributed by atoms with Crippen molar-refractivity contribution in [2.45, 2.75) is 59.3 Å². The van der Waals surface area contributed by atoms with Crippen LogP contribution in [-0.4, -0.2) is 0 Å². The Morgan fingerprint density at radius 2 is 1.87 bits per heavy atom. The standard InChI is InChI=1S/C23H30/c1-5-10-18-12-9-14-21(20(18)11-6-2)22-16-19-13-7-8-15-23(19,4)17(22)3/h7-9,12-15,17,19,22H,5-6,10-11H2,1-4H3. The summed E-state index contributed by atoms with van der Waals surface area (Å²) in [6.07, 6.45) is 17.9. The van der Waals surface area contributed by atoms with Gasteiger partial charge in [-0.15, -0.1) is 0 Å². The first-order valence-corrected chi connectivity index (χ1v) is 9.34. The normalized spacial score (nSPS) is 32.3. The van der Waals surface area contributed by atoms with E-state index in [9.17, 15) is 0 Å². The molecule has 0 nitrogen and oxygen atoms in total. The van der Waals surface area contributed by atoms with Crippen LogP contribution >= 0.6 is 0 Å². The van der Waals surface area contributed by atoms with Crippen LogP contribution in [0.3, 0.4) is 0 Å². The van der Waals surface area contributed by atoms with E-state index in [1.165, 1.54) is 25.7 Å². The van der Waals surface area contributed by atoms with E-state index in [0.717, 1.165) is 0 Å². The lowest BCUT2D eigenvalue weighted by Crippen LogP contribution is -2.26. The highest BCUT2D eigenvalue weighted by Gasteiger charge is 2.49. The number of hydrogen-bond acceptors (Lipinski definition) is 0. The van der Waals surface area contributed by atoms with Crippen molar-refractivity contribution >= 4 is 0 Å². The molecule has 23 heavy (non-hydrogen) atoms. The third-order valence-electron chi connectivity index (χ3n) is 6.04. The highest BCUT2D eigenvalue weighted by Crippen LogP contribution is 2.57. The van der Waals surface area contributed by atoms with E-state index in [1.54, 1.807) is 16.7 Å². The van der Waals surface area contributed by atoms with Gasteiger partial charge in [-0.2, -0.15) is 0 Å². The molecule has 0 aliphatic heterocycles. The van der Waals surface area contributed by atoms with Crippen LogP contribution < -0.4 is 0 Å². The van der Waals surface area contributed by atoms with E-state index in [0.29, 0.717) is 17.8 Å². The van der Waals surface area contributed by atoms with Gasteiger partial charge in [0.1, 0.15) is 0 Å². The Morgan fingerprint density at radius 3 is 2.57 bits per heavy atom. The quantitative estimate of drug-likeness (QED) is 0.611. The maximum atomic E-state index is 3.93. The summed E-state index contributed by atoms with van der Waals surface area (Å²) < 4.78 is 0. The smallest absolute Gasteiger partial charge is 0.000590 e. The van der Waals surface area contributed by atoms with Crippen LogP contribution in [0.25, 0.3) is 0 Å². The molecule has 0 bridgehead atoms. The van der Waals surface area contributed by atoms with Crippen LogP contribution in [0.5, 0.6) is 0 Å². The monoisotopic (exact) mass is 306 g/mol. The van der Waals surface area contributed by atoms with Gasteiger partial charge in [-0.1, -0.05) is 83.0 Å². The third kappa shape index (κ3) is 2.82. The predicted molar refractivity (Wildman–Crippen MR) is 99.5 cm³/mol. The maximum Gasteiger partial charge on any atom is -0.000590 e. The zero-order valence-corrected chi connectivity index (χ0v) is 15.1. The molecule has 0 amide bonds. The molecule has 0 N–H and O–H groups in total. The van der Waals surface area contributed by atoms with E-state index in [1.807, 2.05) is 0 Å². The van der Waals surface area contributed by atoms with Crippen LogP contribution in [0.15, 0.2) is 42.5 Å². The number of rotatable bonds is 5. The van der Waals surface area contributed by atoms with Crippen molar-refractivity contribution in [1.82, 2.24) is 0 Å². The highest BCUT2D eigenvalue weighted by atomic mass is 14.5. The van der Waals surface area contributed by atoms with Gasteiger partial charge in [-0.05, 0) is 59.1 Å². The summed E-state index contributed by atoms with van der Waals surface area (Å²) in [5.41, 5.74) is 4.94. The van der Waals surface area contributed by atoms with Gasteiger partial charge in [0.25, 0.3) is 0 Å². The Kier molecular flexibility index (Phi) is 4.80. The minimum Gasteiger partial charge on any atom is -0.0799 e. The Hall–Kier alpha value is -1.30. The van der Waals surface area contributed by atoms with Crippen LogP contribution in [0.1, 0.15) is 63.1 Å². The van der Waals surface area contributed by atoms with Gasteiger partial charge in [0.15, 0.2) is 0 Å². The average Bonchev–Trinajstić information content (AvgIpc) is 2.81. The van der Waals surface area contributed by atoms with Gasteiger partial charge in [0, 0.05) is 0 Å². The van der Waals surface area contributed by atoms with E-state index in [2.05, 4.69) is 76.6 Å². The molecule has 0 heteroatoms. The fourth-order valence-corrected chi connectivity index (χ4v) is 4.48. The molecule has 1 aromatic rings. The summed E-state index contributed by atoms with van der Waals surface area (Å²) in [6, 6.07) is 6.97. The molecular weight excluding hydrogens is 276 g/mol. The molecule has 2 aliphatic rings. The van der Waals surface area contributed by atoms with Gasteiger partial charge in [-0.25, -0.2) is 0 Å². The Morgan fingerprint density at radius 1 is 1.09 bits per heavy atom. The molecule has 2 radical (unpaired) electrons. The van der Waals surface area contributed by atoms with E-state index < -0.39 is 0 Å². The second-order valence-electron chi connectivity index (χ2n) is 7.51. The molecule has 1 aromatic carbocycles. The van der Waals surface area contributed by atoms with Crippen molar-refractivity contribution in [2.75, 3.05) is 0 Å². The van der Waals surface area contributed by atoms with Crippen LogP contribution in [0, 0.1) is 23.7 Å². The molecule has 122 valence electrons. The van der Waals surface area contributed by atoms with Crippen molar-refractivity contribution in [2.24, 2.45) is 17.3 Å². The first kappa shape index (κ1) is 16.6. The summed E-state index contributed by atoms with van der Waals surface area (Å²) in [5.74, 6) is 1.51. The molecule has 0 saturated heterocycles. The number of fused-ring (bicyclic) bond motifs is 1. The minimum atomic E-state index is 0.226. The van der Waals surface area contributed by atoms with Gasteiger partial charge >= 0.3 is 0 Å². The minimum absolute atomic E-state index is 0.226. The summed E-state index contributed by atoms with van der Waals surface area (Å²) in [5, 5.41) is 0. The van der Waals surface area contributed by atoms with Gasteiger partial charge in [0.05, 0.1) is 0 Å². The van der Waals surface area contributed by atoms with Gasteiger partial charge < -0.3 is 0 Å². The molecule has 1 fully saturated rings. The highest BCUT2D eigenvalue weighted by molar-refractivity contribution is 5.43. The van der Waals surface area contributed by atoms with Gasteiger partial charge in [0.2, 0.25) is 0 Å². The number of allylic oxidation sites excluding steroid dienone is 4. The van der Waals surface area contributed by atoms with Crippen LogP contribution in [0.2, 0.25) is 0 Å². The average molecular weight is 306 g/mol. The summed E-state index contributed by atoms with van der Waals surface area (Å²) in [4.78, 5) is 0. The largest absolute Gasteiger partial charge is 0.0799 e. The summed E-state index contributed by atoms with van der Waals surface area (Å²) in [6.45, 7) is 9.41. The maximum absolute atomic E-state index is 3.93. The lowest BCUT2D eigenvalue weighted by atomic mass is 9.70. The third-order valence-corrected chi connectivity index (χ3v) is 6.04. The first-order valence-electron chi connectivity index (χ1n) is 9.34. The molecule has 3 rings (SSSR count). The first-order chi connectivity index (χ1) is 11.1. The second-order valence-corrected chi connectivity index (χ2v) is 7.51. The lowest BCUT2D eigenvalue weighted by Gasteiger charge is -2.34. The molecule has 0 spiro atoms. The number of hydrogen-bond donors (Lipinski definition) is 0. The zero-order valence-electron chi connectivity index (χ0n) is 15.1. The second kappa shape index (κ2) is 6.67. The molecule has 4 atom stereocenters. The van der Waals surface area contributed by atoms with Gasteiger partial charge in [-0.3, -0.25) is 0 Å². The van der Waals surface area contributed by atoms with Crippen LogP contribution in [0.4, 0.5) is 0 Å². The van der Waals surface area contributed by atoms with Crippen molar-refractivity contribution in [3.05, 3.63) is 65.6 Å². The Balaban J connectivity index is 2.00. The fraction of sp³-hybridized carbons (Fsp3) is 0.522. The summed E-state index contributed by atoms with van der Waals surface area (Å²) in [7, 11) is 0. The zero-order chi connectivity index (χ0) is 16.4. The van der Waals surface area contributed by atoms with Crippen molar-refractivity contribution in [1.29, 1.82) is 0 Å². The molecule has 2 aliphatic carbocycles. The summed E-state index contributed by atoms with van der Waals surface area (Å²) >= 11 is 0. The molecule has 0 heterocycles. The lowest BCUT2D eigenvalue weighted by molar-refractivity contribution is 0.271. The van der Waals surface area contributed by atoms with Crippen molar-refractivity contribution in [3.63, 3.8) is 0 Å². The van der Waals surface area contributed by atoms with E-state index in [4.69, 9.17) is 0 Å². The Bertz CT molecular complexity index is 606. The topological polar surface area (TPSA) is 0 Å². The SMILES string of the molecule is CCCc1cccc(C2[C]C3C=CC=CC3(C)C2C)c1CCC. The van der Waals surface area contributed by atoms with E-state index >= 15 is 0 Å². The van der Waals surface area contributed by atoms with Crippen LogP contribution in [-0.2, 0) is 12.8 Å². The molecule has 1 saturated carbocycles. The molecular formula is C23H30. The number of benzene rings is 1. The van der Waals surface area contributed by atoms with Crippen molar-refractivity contribution < 1.29 is 0 Å². The Labute approximate surface area is 142 Å². The molecule has 0 aromatic heterocycles.